The summed E-state index contributed by atoms with van der Waals surface area (Å²) >= 11 is 2.39. The summed E-state index contributed by atoms with van der Waals surface area (Å²) < 4.78 is 6.48. The van der Waals surface area contributed by atoms with Crippen LogP contribution in [0.5, 0.6) is 0 Å². The van der Waals surface area contributed by atoms with Crippen molar-refractivity contribution in [2.75, 3.05) is 11.1 Å². The fourth-order valence-corrected chi connectivity index (χ4v) is 4.70. The summed E-state index contributed by atoms with van der Waals surface area (Å²) in [7, 11) is 1.67. The van der Waals surface area contributed by atoms with Crippen molar-refractivity contribution in [3.8, 4) is 11.3 Å². The van der Waals surface area contributed by atoms with Crippen molar-refractivity contribution in [3.63, 3.8) is 0 Å². The SMILES string of the molecule is CCc1ccc(NC(=O)CSc2nc3c(-c4ccc(C)cc4)nsc3c(=O)n2C)cc1. The molecule has 1 amide bonds. The number of anilines is 1. The number of nitrogens with zero attached hydrogens (tertiary/aromatic N) is 3. The molecule has 1 N–H and O–H groups in total. The molecule has 0 aliphatic carbocycles. The van der Waals surface area contributed by atoms with Crippen molar-refractivity contribution in [2.24, 2.45) is 7.05 Å². The van der Waals surface area contributed by atoms with Crippen LogP contribution in [0.4, 0.5) is 5.69 Å². The van der Waals surface area contributed by atoms with E-state index in [0.29, 0.717) is 21.1 Å². The first-order valence-corrected chi connectivity index (χ1v) is 11.7. The van der Waals surface area contributed by atoms with E-state index in [1.165, 1.54) is 21.9 Å². The van der Waals surface area contributed by atoms with Crippen molar-refractivity contribution in [3.05, 3.63) is 70.0 Å². The van der Waals surface area contributed by atoms with Gasteiger partial charge < -0.3 is 5.32 Å². The average Bonchev–Trinajstić information content (AvgIpc) is 3.20. The second-order valence-corrected chi connectivity index (χ2v) is 8.94. The maximum Gasteiger partial charge on any atom is 0.273 e. The number of thioether (sulfide) groups is 1. The van der Waals surface area contributed by atoms with E-state index in [2.05, 4.69) is 21.6 Å². The topological polar surface area (TPSA) is 76.9 Å². The molecule has 2 heterocycles. The predicted molar refractivity (Wildman–Crippen MR) is 128 cm³/mol. The molecule has 4 rings (SSSR count). The third-order valence-electron chi connectivity index (χ3n) is 4.96. The first-order chi connectivity index (χ1) is 15.0. The molecule has 0 unspecified atom stereocenters. The van der Waals surface area contributed by atoms with E-state index >= 15 is 0 Å². The van der Waals surface area contributed by atoms with Gasteiger partial charge in [-0.05, 0) is 42.6 Å². The summed E-state index contributed by atoms with van der Waals surface area (Å²) in [5, 5.41) is 3.38. The molecule has 0 aliphatic heterocycles. The lowest BCUT2D eigenvalue weighted by molar-refractivity contribution is -0.113. The molecule has 6 nitrogen and oxygen atoms in total. The van der Waals surface area contributed by atoms with E-state index in [1.54, 1.807) is 7.05 Å². The molecule has 0 spiro atoms. The van der Waals surface area contributed by atoms with Crippen molar-refractivity contribution in [1.82, 2.24) is 13.9 Å². The van der Waals surface area contributed by atoms with E-state index in [0.717, 1.165) is 34.8 Å². The van der Waals surface area contributed by atoms with Crippen molar-refractivity contribution >= 4 is 45.1 Å². The largest absolute Gasteiger partial charge is 0.325 e. The Morgan fingerprint density at radius 2 is 1.84 bits per heavy atom. The van der Waals surface area contributed by atoms with Gasteiger partial charge in [-0.25, -0.2) is 4.98 Å². The number of aromatic nitrogens is 3. The Hall–Kier alpha value is -2.97. The second-order valence-electron chi connectivity index (χ2n) is 7.22. The van der Waals surface area contributed by atoms with Crippen LogP contribution in [0.1, 0.15) is 18.1 Å². The Balaban J connectivity index is 1.56. The molecule has 0 saturated heterocycles. The van der Waals surface area contributed by atoms with E-state index < -0.39 is 0 Å². The number of hydrogen-bond acceptors (Lipinski definition) is 6. The maximum atomic E-state index is 12.8. The standard InChI is InChI=1S/C23H22N4O2S2/c1-4-15-7-11-17(12-8-15)24-18(28)13-30-23-25-20-19(16-9-5-14(2)6-10-16)26-31-21(20)22(29)27(23)3/h5-12H,4,13H2,1-3H3,(H,24,28). The molecule has 0 saturated carbocycles. The van der Waals surface area contributed by atoms with E-state index in [4.69, 9.17) is 0 Å². The molecule has 2 aromatic heterocycles. The van der Waals surface area contributed by atoms with Crippen molar-refractivity contribution in [1.29, 1.82) is 0 Å². The fraction of sp³-hybridized carbons (Fsp3) is 0.217. The third kappa shape index (κ3) is 4.55. The fourth-order valence-electron chi connectivity index (χ4n) is 3.12. The molecule has 158 valence electrons. The zero-order chi connectivity index (χ0) is 22.0. The molecule has 0 bridgehead atoms. The molecule has 2 aromatic carbocycles. The number of benzene rings is 2. The highest BCUT2D eigenvalue weighted by molar-refractivity contribution is 7.99. The van der Waals surface area contributed by atoms with E-state index in [1.807, 2.05) is 55.5 Å². The van der Waals surface area contributed by atoms with Gasteiger partial charge in [0.15, 0.2) is 5.16 Å². The second kappa shape index (κ2) is 9.03. The molecule has 0 radical (unpaired) electrons. The number of carbonyl (C=O) groups excluding carboxylic acids is 1. The molecular weight excluding hydrogens is 428 g/mol. The number of nitrogens with one attached hydrogen (secondary N) is 1. The van der Waals surface area contributed by atoms with Crippen molar-refractivity contribution < 1.29 is 4.79 Å². The Morgan fingerprint density at radius 1 is 1.13 bits per heavy atom. The van der Waals surface area contributed by atoms with Gasteiger partial charge in [0.1, 0.15) is 15.9 Å². The minimum atomic E-state index is -0.154. The summed E-state index contributed by atoms with van der Waals surface area (Å²) in [6.45, 7) is 4.11. The zero-order valence-electron chi connectivity index (χ0n) is 17.5. The van der Waals surface area contributed by atoms with Gasteiger partial charge in [0.25, 0.3) is 5.56 Å². The number of fused-ring (bicyclic) bond motifs is 1. The summed E-state index contributed by atoms with van der Waals surface area (Å²) in [5.41, 5.74) is 5.16. The monoisotopic (exact) mass is 450 g/mol. The third-order valence-corrected chi connectivity index (χ3v) is 6.82. The van der Waals surface area contributed by atoms with Crippen LogP contribution >= 0.6 is 23.3 Å². The smallest absolute Gasteiger partial charge is 0.273 e. The average molecular weight is 451 g/mol. The van der Waals surface area contributed by atoms with Crippen LogP contribution in [-0.4, -0.2) is 25.6 Å². The van der Waals surface area contributed by atoms with Crippen LogP contribution in [-0.2, 0) is 18.3 Å². The van der Waals surface area contributed by atoms with Crippen LogP contribution in [0.15, 0.2) is 58.5 Å². The quantitative estimate of drug-likeness (QED) is 0.342. The highest BCUT2D eigenvalue weighted by atomic mass is 32.2. The van der Waals surface area contributed by atoms with Gasteiger partial charge in [0.2, 0.25) is 5.91 Å². The maximum absolute atomic E-state index is 12.8. The van der Waals surface area contributed by atoms with Gasteiger partial charge in [0.05, 0.1) is 5.75 Å². The molecule has 4 aromatic rings. The number of carbonyl (C=O) groups is 1. The van der Waals surface area contributed by atoms with Crippen LogP contribution in [0.2, 0.25) is 0 Å². The Bertz CT molecular complexity index is 1290. The number of rotatable bonds is 6. The van der Waals surface area contributed by atoms with Crippen molar-refractivity contribution in [2.45, 2.75) is 25.4 Å². The van der Waals surface area contributed by atoms with Gasteiger partial charge in [-0.15, -0.1) is 0 Å². The van der Waals surface area contributed by atoms with E-state index in [-0.39, 0.29) is 17.2 Å². The highest BCUT2D eigenvalue weighted by Crippen LogP contribution is 2.29. The Morgan fingerprint density at radius 3 is 2.52 bits per heavy atom. The minimum Gasteiger partial charge on any atom is -0.325 e. The molecule has 31 heavy (non-hydrogen) atoms. The molecular formula is C23H22N4O2S2. The van der Waals surface area contributed by atoms with Gasteiger partial charge in [-0.2, -0.15) is 4.37 Å². The molecule has 0 aliphatic rings. The molecule has 8 heteroatoms. The summed E-state index contributed by atoms with van der Waals surface area (Å²) in [6.07, 6.45) is 0.953. The van der Waals surface area contributed by atoms with Crippen LogP contribution in [0.3, 0.4) is 0 Å². The minimum absolute atomic E-state index is 0.147. The zero-order valence-corrected chi connectivity index (χ0v) is 19.1. The van der Waals surface area contributed by atoms with Gasteiger partial charge in [0, 0.05) is 18.3 Å². The first kappa shape index (κ1) is 21.3. The van der Waals surface area contributed by atoms with Gasteiger partial charge in [-0.1, -0.05) is 60.6 Å². The van der Waals surface area contributed by atoms with Crippen LogP contribution < -0.4 is 10.9 Å². The number of amides is 1. The lowest BCUT2D eigenvalue weighted by Gasteiger charge is -2.08. The van der Waals surface area contributed by atoms with E-state index in [9.17, 15) is 9.59 Å². The highest BCUT2D eigenvalue weighted by Gasteiger charge is 2.17. The number of aryl methyl sites for hydroxylation is 2. The normalized spacial score (nSPS) is 11.1. The summed E-state index contributed by atoms with van der Waals surface area (Å²) in [6, 6.07) is 15.8. The summed E-state index contributed by atoms with van der Waals surface area (Å²) in [4.78, 5) is 29.9. The van der Waals surface area contributed by atoms with Gasteiger partial charge >= 0.3 is 0 Å². The Labute approximate surface area is 188 Å². The van der Waals surface area contributed by atoms with Crippen LogP contribution in [0.25, 0.3) is 21.5 Å². The number of hydrogen-bond donors (Lipinski definition) is 1. The molecule has 0 atom stereocenters. The predicted octanol–water partition coefficient (Wildman–Crippen LogP) is 4.66. The van der Waals surface area contributed by atoms with Crippen LogP contribution in [0, 0.1) is 6.92 Å². The molecule has 0 fully saturated rings. The Kier molecular flexibility index (Phi) is 6.20. The van der Waals surface area contributed by atoms with Gasteiger partial charge in [-0.3, -0.25) is 14.2 Å². The summed E-state index contributed by atoms with van der Waals surface area (Å²) in [5.74, 6) is 0.00412. The lowest BCUT2D eigenvalue weighted by Crippen LogP contribution is -2.20. The lowest BCUT2D eigenvalue weighted by atomic mass is 10.1. The first-order valence-electron chi connectivity index (χ1n) is 9.91.